The van der Waals surface area contributed by atoms with Gasteiger partial charge in [0.2, 0.25) is 5.75 Å². The molecule has 0 saturated heterocycles. The second-order valence-corrected chi connectivity index (χ2v) is 6.23. The number of unbranched alkanes of at least 4 members (excludes halogenated alkanes) is 2. The van der Waals surface area contributed by atoms with Crippen molar-refractivity contribution < 1.29 is 14.2 Å². The highest BCUT2D eigenvalue weighted by atomic mass is 127. The third-order valence-electron chi connectivity index (χ3n) is 4.16. The van der Waals surface area contributed by atoms with Crippen molar-refractivity contribution in [2.24, 2.45) is 4.99 Å². The van der Waals surface area contributed by atoms with Crippen LogP contribution in [0.25, 0.3) is 0 Å². The van der Waals surface area contributed by atoms with E-state index in [9.17, 15) is 0 Å². The molecule has 1 rings (SSSR count). The molecule has 0 bridgehead atoms. The van der Waals surface area contributed by atoms with Gasteiger partial charge in [-0.2, -0.15) is 0 Å². The van der Waals surface area contributed by atoms with Crippen LogP contribution < -0.4 is 24.8 Å². The highest BCUT2D eigenvalue weighted by Gasteiger charge is 2.15. The Balaban J connectivity index is 0.00000676. The molecule has 1 unspecified atom stereocenters. The molecular weight excluding hydrogens is 457 g/mol. The fourth-order valence-electron chi connectivity index (χ4n) is 2.78. The van der Waals surface area contributed by atoms with Gasteiger partial charge in [0, 0.05) is 18.2 Å². The minimum absolute atomic E-state index is 0. The van der Waals surface area contributed by atoms with Crippen LogP contribution >= 0.6 is 24.0 Å². The maximum Gasteiger partial charge on any atom is 0.203 e. The van der Waals surface area contributed by atoms with Crippen molar-refractivity contribution in [3.05, 3.63) is 17.7 Å². The monoisotopic (exact) mass is 493 g/mol. The first kappa shape index (κ1) is 25.6. The van der Waals surface area contributed by atoms with Gasteiger partial charge in [-0.05, 0) is 32.4 Å². The first-order valence-corrected chi connectivity index (χ1v) is 9.43. The summed E-state index contributed by atoms with van der Waals surface area (Å²) in [6, 6.07) is 4.21. The zero-order chi connectivity index (χ0) is 19.4. The Bertz CT molecular complexity index is 568. The van der Waals surface area contributed by atoms with E-state index in [0.29, 0.717) is 29.8 Å². The fourth-order valence-corrected chi connectivity index (χ4v) is 2.78. The number of aliphatic imine (C=N–C) groups is 1. The van der Waals surface area contributed by atoms with Crippen LogP contribution in [0.3, 0.4) is 0 Å². The molecule has 1 aromatic carbocycles. The highest BCUT2D eigenvalue weighted by molar-refractivity contribution is 14.0. The van der Waals surface area contributed by atoms with E-state index in [-0.39, 0.29) is 24.0 Å². The first-order valence-electron chi connectivity index (χ1n) is 9.43. The number of methoxy groups -OCH3 is 3. The zero-order valence-corrected chi connectivity index (χ0v) is 19.9. The lowest BCUT2D eigenvalue weighted by Gasteiger charge is -2.18. The van der Waals surface area contributed by atoms with E-state index in [0.717, 1.165) is 24.5 Å². The van der Waals surface area contributed by atoms with E-state index in [1.807, 2.05) is 12.1 Å². The molecule has 27 heavy (non-hydrogen) atoms. The number of nitrogens with zero attached hydrogens (tertiary/aromatic N) is 1. The standard InChI is InChI=1S/C20H35N3O3.HI/c1-7-9-10-11-15(3)23-20(21-8-2)22-14-16-12-13-17(24-4)19(26-6)18(16)25-5;/h12-13,15H,7-11,14H2,1-6H3,(H2,21,22,23);1H. The summed E-state index contributed by atoms with van der Waals surface area (Å²) < 4.78 is 16.3. The van der Waals surface area contributed by atoms with Crippen LogP contribution in [0.4, 0.5) is 0 Å². The van der Waals surface area contributed by atoms with Gasteiger partial charge in [0.25, 0.3) is 0 Å². The first-order chi connectivity index (χ1) is 12.6. The van der Waals surface area contributed by atoms with Crippen LogP contribution in [0.15, 0.2) is 17.1 Å². The molecule has 0 saturated carbocycles. The van der Waals surface area contributed by atoms with Gasteiger partial charge in [-0.1, -0.05) is 26.2 Å². The summed E-state index contributed by atoms with van der Waals surface area (Å²) in [5, 5.41) is 6.78. The van der Waals surface area contributed by atoms with E-state index in [4.69, 9.17) is 19.2 Å². The smallest absolute Gasteiger partial charge is 0.203 e. The number of hydrogen-bond acceptors (Lipinski definition) is 4. The van der Waals surface area contributed by atoms with Gasteiger partial charge in [0.1, 0.15) is 0 Å². The summed E-state index contributed by atoms with van der Waals surface area (Å²) >= 11 is 0. The quantitative estimate of drug-likeness (QED) is 0.208. The lowest BCUT2D eigenvalue weighted by atomic mass is 10.1. The number of benzene rings is 1. The topological polar surface area (TPSA) is 64.1 Å². The Kier molecular flexibility index (Phi) is 13.9. The maximum atomic E-state index is 5.53. The fraction of sp³-hybridized carbons (Fsp3) is 0.650. The molecule has 0 spiro atoms. The van der Waals surface area contributed by atoms with Crippen LogP contribution in [0.2, 0.25) is 0 Å². The Hall–Kier alpha value is -1.38. The van der Waals surface area contributed by atoms with Crippen molar-refractivity contribution in [3.63, 3.8) is 0 Å². The normalized spacial score (nSPS) is 12.0. The zero-order valence-electron chi connectivity index (χ0n) is 17.6. The Labute approximate surface area is 181 Å². The lowest BCUT2D eigenvalue weighted by Crippen LogP contribution is -2.42. The second-order valence-electron chi connectivity index (χ2n) is 6.23. The summed E-state index contributed by atoms with van der Waals surface area (Å²) in [6.45, 7) is 7.78. The van der Waals surface area contributed by atoms with Gasteiger partial charge < -0.3 is 24.8 Å². The van der Waals surface area contributed by atoms with Gasteiger partial charge in [-0.15, -0.1) is 24.0 Å². The minimum Gasteiger partial charge on any atom is -0.493 e. The summed E-state index contributed by atoms with van der Waals surface area (Å²) in [5.74, 6) is 2.70. The minimum atomic E-state index is 0. The molecular formula is C20H36IN3O3. The largest absolute Gasteiger partial charge is 0.493 e. The van der Waals surface area contributed by atoms with E-state index in [1.165, 1.54) is 19.3 Å². The number of guanidine groups is 1. The Morgan fingerprint density at radius 2 is 1.74 bits per heavy atom. The van der Waals surface area contributed by atoms with Gasteiger partial charge in [0.15, 0.2) is 17.5 Å². The third-order valence-corrected chi connectivity index (χ3v) is 4.16. The molecule has 1 aromatic rings. The number of ether oxygens (including phenoxy) is 3. The third kappa shape index (κ3) is 8.45. The lowest BCUT2D eigenvalue weighted by molar-refractivity contribution is 0.322. The predicted octanol–water partition coefficient (Wildman–Crippen LogP) is 4.35. The Morgan fingerprint density at radius 3 is 2.30 bits per heavy atom. The SMILES string of the molecule is CCCCCC(C)NC(=NCc1ccc(OC)c(OC)c1OC)NCC.I. The summed E-state index contributed by atoms with van der Waals surface area (Å²) in [5.41, 5.74) is 0.945. The van der Waals surface area contributed by atoms with Gasteiger partial charge in [0.05, 0.1) is 27.9 Å². The molecule has 0 radical (unpaired) electrons. The molecule has 7 heteroatoms. The van der Waals surface area contributed by atoms with Gasteiger partial charge in [-0.3, -0.25) is 0 Å². The van der Waals surface area contributed by atoms with Crippen molar-refractivity contribution in [1.29, 1.82) is 0 Å². The number of rotatable bonds is 11. The van der Waals surface area contributed by atoms with Crippen LogP contribution in [-0.2, 0) is 6.54 Å². The van der Waals surface area contributed by atoms with Crippen LogP contribution in [-0.4, -0.2) is 39.9 Å². The summed E-state index contributed by atoms with van der Waals surface area (Å²) in [6.07, 6.45) is 4.87. The van der Waals surface area contributed by atoms with E-state index in [1.54, 1.807) is 21.3 Å². The molecule has 2 N–H and O–H groups in total. The molecule has 6 nitrogen and oxygen atoms in total. The van der Waals surface area contributed by atoms with Crippen molar-refractivity contribution in [2.75, 3.05) is 27.9 Å². The second kappa shape index (κ2) is 14.6. The number of nitrogens with one attached hydrogen (secondary N) is 2. The molecule has 1 atom stereocenters. The van der Waals surface area contributed by atoms with Crippen LogP contribution in [0, 0.1) is 0 Å². The molecule has 156 valence electrons. The van der Waals surface area contributed by atoms with E-state index < -0.39 is 0 Å². The molecule has 0 fully saturated rings. The molecule has 0 aliphatic heterocycles. The average molecular weight is 493 g/mol. The Morgan fingerprint density at radius 1 is 1.04 bits per heavy atom. The van der Waals surface area contributed by atoms with Crippen LogP contribution in [0.1, 0.15) is 52.0 Å². The van der Waals surface area contributed by atoms with Crippen molar-refractivity contribution >= 4 is 29.9 Å². The number of hydrogen-bond donors (Lipinski definition) is 2. The van der Waals surface area contributed by atoms with E-state index in [2.05, 4.69) is 31.4 Å². The molecule has 0 amide bonds. The summed E-state index contributed by atoms with van der Waals surface area (Å²) in [4.78, 5) is 4.71. The molecule has 0 heterocycles. The average Bonchev–Trinajstić information content (AvgIpc) is 2.65. The number of halogens is 1. The van der Waals surface area contributed by atoms with Crippen LogP contribution in [0.5, 0.6) is 17.2 Å². The van der Waals surface area contributed by atoms with Crippen molar-refractivity contribution in [3.8, 4) is 17.2 Å². The molecule has 0 aromatic heterocycles. The van der Waals surface area contributed by atoms with Gasteiger partial charge in [-0.25, -0.2) is 4.99 Å². The van der Waals surface area contributed by atoms with Crippen molar-refractivity contribution in [1.82, 2.24) is 10.6 Å². The van der Waals surface area contributed by atoms with E-state index >= 15 is 0 Å². The van der Waals surface area contributed by atoms with Gasteiger partial charge >= 0.3 is 0 Å². The van der Waals surface area contributed by atoms with Crippen molar-refractivity contribution in [2.45, 2.75) is 59.0 Å². The maximum absolute atomic E-state index is 5.53. The molecule has 0 aliphatic carbocycles. The molecule has 0 aliphatic rings. The summed E-state index contributed by atoms with van der Waals surface area (Å²) in [7, 11) is 4.85. The predicted molar refractivity (Wildman–Crippen MR) is 123 cm³/mol. The highest BCUT2D eigenvalue weighted by Crippen LogP contribution is 2.39.